The Balaban J connectivity index is 1.15. The number of hydrogen-bond donors (Lipinski definition) is 4. The highest BCUT2D eigenvalue weighted by atomic mass is 16.6. The number of anilines is 2. The van der Waals surface area contributed by atoms with Gasteiger partial charge in [-0.1, -0.05) is 12.2 Å². The number of aryl methyl sites for hydroxylation is 2. The molecule has 0 saturated carbocycles. The second-order valence-corrected chi connectivity index (χ2v) is 13.6. The van der Waals surface area contributed by atoms with Gasteiger partial charge in [0.25, 0.3) is 11.6 Å². The van der Waals surface area contributed by atoms with Crippen LogP contribution in [0.25, 0.3) is 11.2 Å². The van der Waals surface area contributed by atoms with Crippen LogP contribution >= 0.6 is 0 Å². The molecular weight excluding hydrogens is 698 g/mol. The van der Waals surface area contributed by atoms with Gasteiger partial charge < -0.3 is 31.2 Å². The summed E-state index contributed by atoms with van der Waals surface area (Å²) in [6, 6.07) is 5.71. The molecule has 18 nitrogen and oxygen atoms in total. The fourth-order valence-corrected chi connectivity index (χ4v) is 7.05. The molecule has 286 valence electrons. The van der Waals surface area contributed by atoms with E-state index in [1.807, 2.05) is 6.92 Å². The van der Waals surface area contributed by atoms with Crippen molar-refractivity contribution in [3.05, 3.63) is 75.2 Å². The number of hydrogen-bond acceptors (Lipinski definition) is 12. The van der Waals surface area contributed by atoms with Crippen molar-refractivity contribution in [1.29, 1.82) is 0 Å². The molecule has 3 amide bonds. The van der Waals surface area contributed by atoms with E-state index < -0.39 is 22.6 Å². The summed E-state index contributed by atoms with van der Waals surface area (Å²) in [5.41, 5.74) is 12.9. The average molecular weight is 744 g/mol. The van der Waals surface area contributed by atoms with Gasteiger partial charge in [0.15, 0.2) is 11.3 Å². The second kappa shape index (κ2) is 16.4. The first kappa shape index (κ1) is 37.9. The van der Waals surface area contributed by atoms with Crippen molar-refractivity contribution in [3.8, 4) is 5.75 Å². The molecule has 18 heteroatoms. The van der Waals surface area contributed by atoms with Crippen LogP contribution in [0.5, 0.6) is 5.75 Å². The number of fused-ring (bicyclic) bond motifs is 1. The molecule has 0 bridgehead atoms. The second-order valence-electron chi connectivity index (χ2n) is 13.6. The lowest BCUT2D eigenvalue weighted by molar-refractivity contribution is -0.384. The van der Waals surface area contributed by atoms with E-state index in [0.717, 1.165) is 58.2 Å². The molecule has 2 aliphatic heterocycles. The third kappa shape index (κ3) is 8.50. The Hall–Kier alpha value is -5.88. The number of nitrogens with one attached hydrogen (secondary N) is 2. The summed E-state index contributed by atoms with van der Waals surface area (Å²) in [7, 11) is 0. The maximum absolute atomic E-state index is 13.3. The number of pyridine rings is 1. The summed E-state index contributed by atoms with van der Waals surface area (Å²) >= 11 is 0. The molecule has 54 heavy (non-hydrogen) atoms. The van der Waals surface area contributed by atoms with Crippen molar-refractivity contribution in [2.45, 2.75) is 52.6 Å². The van der Waals surface area contributed by atoms with Crippen molar-refractivity contribution in [3.63, 3.8) is 0 Å². The third-order valence-corrected chi connectivity index (χ3v) is 9.89. The van der Waals surface area contributed by atoms with Crippen molar-refractivity contribution in [2.75, 3.05) is 56.6 Å². The van der Waals surface area contributed by atoms with Crippen LogP contribution in [-0.2, 0) is 17.8 Å². The zero-order valence-corrected chi connectivity index (χ0v) is 30.4. The van der Waals surface area contributed by atoms with Gasteiger partial charge >= 0.3 is 0 Å². The molecule has 6 N–H and O–H groups in total. The predicted octanol–water partition coefficient (Wildman–Crippen LogP) is 3.25. The Kier molecular flexibility index (Phi) is 11.5. The number of carbonyl (C=O) groups excluding carboxylic acids is 3. The monoisotopic (exact) mass is 743 g/mol. The van der Waals surface area contributed by atoms with Crippen LogP contribution in [0.15, 0.2) is 42.6 Å². The van der Waals surface area contributed by atoms with E-state index in [2.05, 4.69) is 30.6 Å². The van der Waals surface area contributed by atoms with Crippen LogP contribution in [0.1, 0.15) is 69.5 Å². The predicted molar refractivity (Wildman–Crippen MR) is 200 cm³/mol. The Morgan fingerprint density at radius 3 is 2.59 bits per heavy atom. The maximum atomic E-state index is 13.3. The number of carbonyl (C=O) groups is 3. The van der Waals surface area contributed by atoms with Gasteiger partial charge in [-0.3, -0.25) is 39.1 Å². The van der Waals surface area contributed by atoms with Gasteiger partial charge in [-0.15, -0.1) is 0 Å². The van der Waals surface area contributed by atoms with Crippen LogP contribution in [0.2, 0.25) is 0 Å². The van der Waals surface area contributed by atoms with Crippen LogP contribution in [-0.4, -0.2) is 97.9 Å². The first-order chi connectivity index (χ1) is 26.0. The Morgan fingerprint density at radius 1 is 1.09 bits per heavy atom. The van der Waals surface area contributed by atoms with Crippen molar-refractivity contribution in [1.82, 2.24) is 29.2 Å². The molecule has 0 aliphatic carbocycles. The topological polar surface area (TPSA) is 241 Å². The number of amides is 3. The first-order valence-corrected chi connectivity index (χ1v) is 17.9. The molecule has 3 aromatic heterocycles. The van der Waals surface area contributed by atoms with E-state index in [-0.39, 0.29) is 53.9 Å². The summed E-state index contributed by atoms with van der Waals surface area (Å²) in [4.78, 5) is 60.1. The highest BCUT2D eigenvalue weighted by Gasteiger charge is 2.39. The minimum absolute atomic E-state index is 0.0375. The molecule has 0 unspecified atom stereocenters. The van der Waals surface area contributed by atoms with E-state index >= 15 is 0 Å². The lowest BCUT2D eigenvalue weighted by Gasteiger charge is -2.33. The van der Waals surface area contributed by atoms with E-state index in [4.69, 9.17) is 20.9 Å². The lowest BCUT2D eigenvalue weighted by Crippen LogP contribution is -2.33. The number of likely N-dealkylation sites (tertiary alicyclic amines) is 1. The molecule has 2 saturated heterocycles. The van der Waals surface area contributed by atoms with Gasteiger partial charge in [0, 0.05) is 63.8 Å². The number of benzene rings is 1. The first-order valence-electron chi connectivity index (χ1n) is 17.9. The zero-order valence-electron chi connectivity index (χ0n) is 30.4. The fraction of sp³-hybridized carbons (Fsp3) is 0.444. The molecule has 1 aromatic carbocycles. The van der Waals surface area contributed by atoms with Gasteiger partial charge in [-0.25, -0.2) is 9.97 Å². The summed E-state index contributed by atoms with van der Waals surface area (Å²) < 4.78 is 14.9. The average Bonchev–Trinajstić information content (AvgIpc) is 3.84. The number of nitrogens with zero attached hydrogens (tertiary/aromatic N) is 7. The maximum Gasteiger partial charge on any atom is 0.296 e. The van der Waals surface area contributed by atoms with Gasteiger partial charge in [-0.05, 0) is 69.7 Å². The van der Waals surface area contributed by atoms with Gasteiger partial charge in [0.2, 0.25) is 17.8 Å². The van der Waals surface area contributed by atoms with Crippen LogP contribution < -0.4 is 26.8 Å². The Labute approximate surface area is 311 Å². The molecule has 5 heterocycles. The van der Waals surface area contributed by atoms with E-state index in [9.17, 15) is 24.5 Å². The number of imidazole rings is 1. The van der Waals surface area contributed by atoms with Crippen LogP contribution in [0.3, 0.4) is 0 Å². The highest BCUT2D eigenvalue weighted by Crippen LogP contribution is 2.40. The molecule has 1 spiro atoms. The number of ether oxygens (including phenoxy) is 2. The smallest absolute Gasteiger partial charge is 0.296 e. The van der Waals surface area contributed by atoms with Crippen LogP contribution in [0.4, 0.5) is 17.3 Å². The molecule has 2 aliphatic rings. The SMILES string of the molecule is CCn1nc(C)cc1C(=O)Nc1nc2cc(C(N)=O)cnc2n1C/C=C/CNc1c(OCCCN2CCC3(CCOCC3)C2)cc(C(N)=O)cc1[N+](=O)[O-]. The van der Waals surface area contributed by atoms with E-state index in [1.54, 1.807) is 34.4 Å². The lowest BCUT2D eigenvalue weighted by atomic mass is 9.80. The Bertz CT molecular complexity index is 2080. The van der Waals surface area contributed by atoms with E-state index in [1.165, 1.54) is 18.3 Å². The van der Waals surface area contributed by atoms with Gasteiger partial charge in [-0.2, -0.15) is 5.10 Å². The number of nitro groups is 1. The fourth-order valence-electron chi connectivity index (χ4n) is 7.05. The minimum atomic E-state index is -0.811. The summed E-state index contributed by atoms with van der Waals surface area (Å²) in [6.07, 6.45) is 8.82. The van der Waals surface area contributed by atoms with Crippen LogP contribution in [0, 0.1) is 22.5 Å². The molecule has 2 fully saturated rings. The van der Waals surface area contributed by atoms with Crippen molar-refractivity contribution >= 4 is 46.2 Å². The molecule has 0 radical (unpaired) electrons. The zero-order chi connectivity index (χ0) is 38.4. The molecule has 4 aromatic rings. The standard InChI is InChI=1S/C36H45N11O7/c1-3-46-28(17-23(2)43-46)34(50)42-35-41-26-18-25(32(38)49)21-40-33(26)45(35)12-5-4-10-39-30-27(47(51)52)19-24(31(37)48)20-29(30)54-14-6-11-44-13-7-36(22-44)8-15-53-16-9-36/h4-5,17-21,39H,3,6-16,22H2,1-2H3,(H2,37,48)(H2,38,49)(H,41,42,50)/b5-4+. The molecule has 6 rings (SSSR count). The van der Waals surface area contributed by atoms with Gasteiger partial charge in [0.05, 0.1) is 22.8 Å². The molecule has 0 atom stereocenters. The highest BCUT2D eigenvalue weighted by molar-refractivity contribution is 6.03. The largest absolute Gasteiger partial charge is 0.491 e. The van der Waals surface area contributed by atoms with Gasteiger partial charge in [0.1, 0.15) is 17.0 Å². The number of rotatable bonds is 16. The number of nitrogens with two attached hydrogens (primary N) is 2. The van der Waals surface area contributed by atoms with E-state index in [0.29, 0.717) is 40.9 Å². The quantitative estimate of drug-likeness (QED) is 0.0560. The summed E-state index contributed by atoms with van der Waals surface area (Å²) in [6.45, 7) is 9.21. The third-order valence-electron chi connectivity index (χ3n) is 9.89. The number of allylic oxidation sites excluding steroid dienone is 1. The number of aromatic nitrogens is 5. The minimum Gasteiger partial charge on any atom is -0.491 e. The number of primary amides is 2. The Morgan fingerprint density at radius 2 is 1.87 bits per heavy atom. The number of nitro benzene ring substituents is 1. The summed E-state index contributed by atoms with van der Waals surface area (Å²) in [5, 5.41) is 22.4. The van der Waals surface area contributed by atoms with Crippen molar-refractivity contribution in [2.24, 2.45) is 16.9 Å². The normalized spacial score (nSPS) is 15.6. The summed E-state index contributed by atoms with van der Waals surface area (Å²) in [5.74, 6) is -1.59. The molecular formula is C36H45N11O7. The van der Waals surface area contributed by atoms with Crippen molar-refractivity contribution < 1.29 is 28.8 Å².